The maximum Gasteiger partial charge on any atom is 0.150 e. The smallest absolute Gasteiger partial charge is 0.150 e. The van der Waals surface area contributed by atoms with Gasteiger partial charge in [0.2, 0.25) is 0 Å². The molecule has 2 aromatic rings. The summed E-state index contributed by atoms with van der Waals surface area (Å²) in [6.45, 7) is 8.38. The van der Waals surface area contributed by atoms with Crippen molar-refractivity contribution in [3.05, 3.63) is 58.7 Å². The van der Waals surface area contributed by atoms with Crippen molar-refractivity contribution in [3.8, 4) is 11.5 Å². The molecule has 0 aliphatic carbocycles. The number of rotatable bonds is 4. The van der Waals surface area contributed by atoms with E-state index in [-0.39, 0.29) is 0 Å². The molecular formula is C18H20O2. The predicted octanol–water partition coefficient (Wildman–Crippen LogP) is 5.03. The quantitative estimate of drug-likeness (QED) is 0.727. The highest BCUT2D eigenvalue weighted by Crippen LogP contribution is 2.27. The van der Waals surface area contributed by atoms with Crippen LogP contribution in [0.2, 0.25) is 0 Å². The Balaban J connectivity index is 2.24. The van der Waals surface area contributed by atoms with Crippen molar-refractivity contribution in [1.82, 2.24) is 0 Å². The van der Waals surface area contributed by atoms with E-state index in [4.69, 9.17) is 4.74 Å². The van der Waals surface area contributed by atoms with Gasteiger partial charge in [-0.3, -0.25) is 4.79 Å². The first kappa shape index (κ1) is 14.3. The van der Waals surface area contributed by atoms with E-state index >= 15 is 0 Å². The Kier molecular flexibility index (Phi) is 4.23. The fourth-order valence-electron chi connectivity index (χ4n) is 2.34. The van der Waals surface area contributed by atoms with Crippen molar-refractivity contribution in [1.29, 1.82) is 0 Å². The topological polar surface area (TPSA) is 26.3 Å². The van der Waals surface area contributed by atoms with Crippen molar-refractivity contribution >= 4 is 6.29 Å². The molecule has 2 rings (SSSR count). The number of ether oxygens (including phenoxy) is 1. The molecule has 2 heteroatoms. The summed E-state index contributed by atoms with van der Waals surface area (Å²) in [6.07, 6.45) is 0.862. The molecule has 2 nitrogen and oxygen atoms in total. The second-order valence-electron chi connectivity index (χ2n) is 5.41. The van der Waals surface area contributed by atoms with Gasteiger partial charge in [0.1, 0.15) is 17.8 Å². The van der Waals surface area contributed by atoms with Crippen LogP contribution in [0.5, 0.6) is 11.5 Å². The molecule has 0 saturated heterocycles. The van der Waals surface area contributed by atoms with E-state index in [1.807, 2.05) is 25.1 Å². The molecule has 0 unspecified atom stereocenters. The lowest BCUT2D eigenvalue weighted by Crippen LogP contribution is -1.94. The second kappa shape index (κ2) is 5.91. The largest absolute Gasteiger partial charge is 0.457 e. The highest BCUT2D eigenvalue weighted by atomic mass is 16.5. The minimum Gasteiger partial charge on any atom is -0.457 e. The summed E-state index contributed by atoms with van der Waals surface area (Å²) >= 11 is 0. The molecule has 0 N–H and O–H groups in total. The van der Waals surface area contributed by atoms with Gasteiger partial charge < -0.3 is 4.74 Å². The third-order valence-electron chi connectivity index (χ3n) is 3.47. The summed E-state index contributed by atoms with van der Waals surface area (Å²) in [5.41, 5.74) is 4.19. The monoisotopic (exact) mass is 268 g/mol. The summed E-state index contributed by atoms with van der Waals surface area (Å²) in [5, 5.41) is 0. The SMILES string of the molecule is Cc1cc(Oc2ccc(C(C)C)c(C)c2)ccc1C=O. The summed E-state index contributed by atoms with van der Waals surface area (Å²) in [6, 6.07) is 11.6. The molecule has 0 heterocycles. The van der Waals surface area contributed by atoms with Gasteiger partial charge in [-0.1, -0.05) is 19.9 Å². The van der Waals surface area contributed by atoms with Crippen LogP contribution in [-0.4, -0.2) is 6.29 Å². The number of hydrogen-bond donors (Lipinski definition) is 0. The maximum absolute atomic E-state index is 10.8. The lowest BCUT2D eigenvalue weighted by Gasteiger charge is -2.12. The number of carbonyl (C=O) groups is 1. The van der Waals surface area contributed by atoms with Crippen molar-refractivity contribution < 1.29 is 9.53 Å². The molecule has 2 aromatic carbocycles. The minimum atomic E-state index is 0.512. The molecule has 20 heavy (non-hydrogen) atoms. The third-order valence-corrected chi connectivity index (χ3v) is 3.47. The van der Waals surface area contributed by atoms with Gasteiger partial charge in [-0.2, -0.15) is 0 Å². The fourth-order valence-corrected chi connectivity index (χ4v) is 2.34. The van der Waals surface area contributed by atoms with E-state index in [2.05, 4.69) is 32.9 Å². The van der Waals surface area contributed by atoms with E-state index in [1.54, 1.807) is 6.07 Å². The average Bonchev–Trinajstić information content (AvgIpc) is 2.38. The van der Waals surface area contributed by atoms with Crippen LogP contribution in [0.1, 0.15) is 46.8 Å². The van der Waals surface area contributed by atoms with Crippen LogP contribution in [0.4, 0.5) is 0 Å². The number of carbonyl (C=O) groups excluding carboxylic acids is 1. The molecule has 0 spiro atoms. The fraction of sp³-hybridized carbons (Fsp3) is 0.278. The Morgan fingerprint density at radius 3 is 2.05 bits per heavy atom. The highest BCUT2D eigenvalue weighted by Gasteiger charge is 2.06. The summed E-state index contributed by atoms with van der Waals surface area (Å²) in [4.78, 5) is 10.8. The van der Waals surface area contributed by atoms with Gasteiger partial charge in [-0.15, -0.1) is 0 Å². The highest BCUT2D eigenvalue weighted by molar-refractivity contribution is 5.77. The van der Waals surface area contributed by atoms with Crippen LogP contribution in [-0.2, 0) is 0 Å². The third kappa shape index (κ3) is 3.08. The van der Waals surface area contributed by atoms with E-state index < -0.39 is 0 Å². The summed E-state index contributed by atoms with van der Waals surface area (Å²) in [7, 11) is 0. The first-order valence-corrected chi connectivity index (χ1v) is 6.85. The van der Waals surface area contributed by atoms with Crippen LogP contribution in [0.3, 0.4) is 0 Å². The van der Waals surface area contributed by atoms with Gasteiger partial charge in [0, 0.05) is 5.56 Å². The molecule has 0 amide bonds. The molecule has 0 aliphatic rings. The zero-order valence-corrected chi connectivity index (χ0v) is 12.4. The van der Waals surface area contributed by atoms with Crippen LogP contribution >= 0.6 is 0 Å². The van der Waals surface area contributed by atoms with Crippen LogP contribution in [0, 0.1) is 13.8 Å². The molecular weight excluding hydrogens is 248 g/mol. The van der Waals surface area contributed by atoms with Gasteiger partial charge in [0.25, 0.3) is 0 Å². The predicted molar refractivity (Wildman–Crippen MR) is 81.9 cm³/mol. The molecule has 0 fully saturated rings. The van der Waals surface area contributed by atoms with E-state index in [0.29, 0.717) is 11.5 Å². The normalized spacial score (nSPS) is 10.7. The van der Waals surface area contributed by atoms with E-state index in [9.17, 15) is 4.79 Å². The van der Waals surface area contributed by atoms with Gasteiger partial charge in [-0.05, 0) is 66.8 Å². The van der Waals surface area contributed by atoms with Gasteiger partial charge >= 0.3 is 0 Å². The summed E-state index contributed by atoms with van der Waals surface area (Å²) < 4.78 is 5.86. The Morgan fingerprint density at radius 2 is 1.55 bits per heavy atom. The first-order chi connectivity index (χ1) is 9.51. The maximum atomic E-state index is 10.8. The Bertz CT molecular complexity index is 627. The van der Waals surface area contributed by atoms with Gasteiger partial charge in [0.05, 0.1) is 0 Å². The molecule has 0 bridgehead atoms. The molecule has 0 aliphatic heterocycles. The first-order valence-electron chi connectivity index (χ1n) is 6.85. The minimum absolute atomic E-state index is 0.512. The van der Waals surface area contributed by atoms with Gasteiger partial charge in [0.15, 0.2) is 0 Å². The van der Waals surface area contributed by atoms with Crippen molar-refractivity contribution in [2.24, 2.45) is 0 Å². The Morgan fingerprint density at radius 1 is 0.950 bits per heavy atom. The van der Waals surface area contributed by atoms with Crippen LogP contribution in [0.25, 0.3) is 0 Å². The number of hydrogen-bond acceptors (Lipinski definition) is 2. The average molecular weight is 268 g/mol. The Hall–Kier alpha value is -2.09. The number of benzene rings is 2. The molecule has 0 aromatic heterocycles. The lowest BCUT2D eigenvalue weighted by atomic mass is 9.98. The van der Waals surface area contributed by atoms with Gasteiger partial charge in [-0.25, -0.2) is 0 Å². The standard InChI is InChI=1S/C18H20O2/c1-12(2)18-8-7-17(10-14(18)4)20-16-6-5-15(11-19)13(3)9-16/h5-12H,1-4H3. The van der Waals surface area contributed by atoms with Crippen molar-refractivity contribution in [2.45, 2.75) is 33.6 Å². The zero-order chi connectivity index (χ0) is 14.7. The Labute approximate surface area is 120 Å². The molecule has 0 radical (unpaired) electrons. The van der Waals surface area contributed by atoms with Crippen molar-refractivity contribution in [3.63, 3.8) is 0 Å². The lowest BCUT2D eigenvalue weighted by molar-refractivity contribution is 0.112. The molecule has 0 saturated carbocycles. The van der Waals surface area contributed by atoms with E-state index in [1.165, 1.54) is 11.1 Å². The van der Waals surface area contributed by atoms with Crippen LogP contribution in [0.15, 0.2) is 36.4 Å². The number of aldehydes is 1. The molecule has 104 valence electrons. The molecule has 0 atom stereocenters. The zero-order valence-electron chi connectivity index (χ0n) is 12.4. The van der Waals surface area contributed by atoms with Crippen molar-refractivity contribution in [2.75, 3.05) is 0 Å². The second-order valence-corrected chi connectivity index (χ2v) is 5.41. The number of aryl methyl sites for hydroxylation is 2. The van der Waals surface area contributed by atoms with E-state index in [0.717, 1.165) is 23.3 Å². The summed E-state index contributed by atoms with van der Waals surface area (Å²) in [5.74, 6) is 2.09. The van der Waals surface area contributed by atoms with Crippen LogP contribution < -0.4 is 4.74 Å².